The SMILES string of the molecule is CCOc1ccccc1CNCCNCC(C)O.Cl.Cl. The Morgan fingerprint density at radius 2 is 1.80 bits per heavy atom. The minimum atomic E-state index is -0.288. The van der Waals surface area contributed by atoms with E-state index in [0.29, 0.717) is 13.2 Å². The number of aliphatic hydroxyl groups is 1. The number of rotatable bonds is 9. The molecule has 0 spiro atoms. The van der Waals surface area contributed by atoms with E-state index in [0.717, 1.165) is 25.4 Å². The number of hydrogen-bond donors (Lipinski definition) is 3. The molecule has 0 aromatic heterocycles. The molecule has 4 nitrogen and oxygen atoms in total. The van der Waals surface area contributed by atoms with Crippen LogP contribution in [0.15, 0.2) is 24.3 Å². The summed E-state index contributed by atoms with van der Waals surface area (Å²) < 4.78 is 5.56. The van der Waals surface area contributed by atoms with Crippen LogP contribution in [0.4, 0.5) is 0 Å². The molecule has 0 aliphatic heterocycles. The van der Waals surface area contributed by atoms with E-state index in [1.165, 1.54) is 5.56 Å². The summed E-state index contributed by atoms with van der Waals surface area (Å²) >= 11 is 0. The lowest BCUT2D eigenvalue weighted by Crippen LogP contribution is -2.31. The summed E-state index contributed by atoms with van der Waals surface area (Å²) in [5.41, 5.74) is 1.18. The van der Waals surface area contributed by atoms with Gasteiger partial charge >= 0.3 is 0 Å². The van der Waals surface area contributed by atoms with E-state index in [1.807, 2.05) is 25.1 Å². The van der Waals surface area contributed by atoms with Crippen LogP contribution in [-0.2, 0) is 6.54 Å². The van der Waals surface area contributed by atoms with Crippen molar-refractivity contribution in [2.45, 2.75) is 26.5 Å². The van der Waals surface area contributed by atoms with Gasteiger partial charge in [0.25, 0.3) is 0 Å². The number of halogens is 2. The second kappa shape index (κ2) is 13.5. The van der Waals surface area contributed by atoms with Gasteiger partial charge in [0, 0.05) is 31.7 Å². The lowest BCUT2D eigenvalue weighted by Gasteiger charge is -2.11. The predicted octanol–water partition coefficient (Wildman–Crippen LogP) is 1.99. The maximum atomic E-state index is 9.08. The highest BCUT2D eigenvalue weighted by atomic mass is 35.5. The Bertz CT molecular complexity index is 339. The molecule has 0 amide bonds. The molecule has 0 radical (unpaired) electrons. The van der Waals surface area contributed by atoms with Crippen molar-refractivity contribution in [3.63, 3.8) is 0 Å². The first-order chi connectivity index (χ1) is 8.74. The Morgan fingerprint density at radius 1 is 1.15 bits per heavy atom. The molecule has 0 aliphatic rings. The van der Waals surface area contributed by atoms with Gasteiger partial charge in [0.15, 0.2) is 0 Å². The number of benzene rings is 1. The Labute approximate surface area is 134 Å². The third-order valence-electron chi connectivity index (χ3n) is 2.51. The van der Waals surface area contributed by atoms with E-state index in [2.05, 4.69) is 16.7 Å². The third kappa shape index (κ3) is 9.39. The molecule has 1 atom stereocenters. The van der Waals surface area contributed by atoms with Gasteiger partial charge < -0.3 is 20.5 Å². The molecular weight excluding hydrogens is 299 g/mol. The summed E-state index contributed by atoms with van der Waals surface area (Å²) in [5.74, 6) is 0.949. The highest BCUT2D eigenvalue weighted by Gasteiger charge is 2.01. The van der Waals surface area contributed by atoms with Crippen molar-refractivity contribution in [3.05, 3.63) is 29.8 Å². The molecule has 3 N–H and O–H groups in total. The van der Waals surface area contributed by atoms with E-state index in [1.54, 1.807) is 6.92 Å². The Kier molecular flexibility index (Phi) is 14.7. The first kappa shape index (κ1) is 21.8. The fourth-order valence-electron chi connectivity index (χ4n) is 1.66. The highest BCUT2D eigenvalue weighted by molar-refractivity contribution is 5.85. The predicted molar refractivity (Wildman–Crippen MR) is 88.4 cm³/mol. The van der Waals surface area contributed by atoms with Gasteiger partial charge in [-0.1, -0.05) is 18.2 Å². The lowest BCUT2D eigenvalue weighted by molar-refractivity contribution is 0.191. The number of ether oxygens (including phenoxy) is 1. The zero-order valence-corrected chi connectivity index (χ0v) is 13.7. The zero-order valence-electron chi connectivity index (χ0n) is 12.1. The molecule has 0 saturated heterocycles. The normalized spacial score (nSPS) is 11.2. The fourth-order valence-corrected chi connectivity index (χ4v) is 1.66. The molecule has 6 heteroatoms. The molecule has 0 fully saturated rings. The molecule has 0 bridgehead atoms. The molecule has 1 unspecified atom stereocenters. The first-order valence-corrected chi connectivity index (χ1v) is 6.54. The van der Waals surface area contributed by atoms with Gasteiger partial charge in [0.1, 0.15) is 5.75 Å². The van der Waals surface area contributed by atoms with E-state index in [9.17, 15) is 0 Å². The van der Waals surface area contributed by atoms with Crippen molar-refractivity contribution in [1.82, 2.24) is 10.6 Å². The Hall–Kier alpha value is -0.520. The van der Waals surface area contributed by atoms with E-state index in [-0.39, 0.29) is 30.9 Å². The smallest absolute Gasteiger partial charge is 0.123 e. The largest absolute Gasteiger partial charge is 0.494 e. The van der Waals surface area contributed by atoms with E-state index >= 15 is 0 Å². The van der Waals surface area contributed by atoms with Crippen LogP contribution in [0, 0.1) is 0 Å². The summed E-state index contributed by atoms with van der Waals surface area (Å²) in [4.78, 5) is 0. The molecule has 118 valence electrons. The number of aliphatic hydroxyl groups excluding tert-OH is 1. The fraction of sp³-hybridized carbons (Fsp3) is 0.571. The van der Waals surface area contributed by atoms with Gasteiger partial charge in [-0.15, -0.1) is 24.8 Å². The van der Waals surface area contributed by atoms with Crippen LogP contribution >= 0.6 is 24.8 Å². The van der Waals surface area contributed by atoms with Crippen molar-refractivity contribution in [1.29, 1.82) is 0 Å². The topological polar surface area (TPSA) is 53.5 Å². The number of nitrogens with one attached hydrogen (secondary N) is 2. The molecule has 0 saturated carbocycles. The molecule has 0 heterocycles. The summed E-state index contributed by atoms with van der Waals surface area (Å²) in [7, 11) is 0. The average molecular weight is 325 g/mol. The Balaban J connectivity index is 0. The lowest BCUT2D eigenvalue weighted by atomic mass is 10.2. The van der Waals surface area contributed by atoms with Crippen molar-refractivity contribution in [3.8, 4) is 5.75 Å². The second-order valence-electron chi connectivity index (χ2n) is 4.27. The summed E-state index contributed by atoms with van der Waals surface area (Å²) in [6.07, 6.45) is -0.288. The van der Waals surface area contributed by atoms with E-state index < -0.39 is 0 Å². The molecule has 20 heavy (non-hydrogen) atoms. The van der Waals surface area contributed by atoms with Crippen molar-refractivity contribution in [2.75, 3.05) is 26.2 Å². The number of hydrogen-bond acceptors (Lipinski definition) is 4. The van der Waals surface area contributed by atoms with Crippen LogP contribution in [0.25, 0.3) is 0 Å². The zero-order chi connectivity index (χ0) is 13.2. The molecular formula is C14H26Cl2N2O2. The minimum absolute atomic E-state index is 0. The van der Waals surface area contributed by atoms with Crippen molar-refractivity contribution < 1.29 is 9.84 Å². The maximum Gasteiger partial charge on any atom is 0.123 e. The van der Waals surface area contributed by atoms with Crippen molar-refractivity contribution in [2.24, 2.45) is 0 Å². The van der Waals surface area contributed by atoms with Gasteiger partial charge in [-0.2, -0.15) is 0 Å². The summed E-state index contributed by atoms with van der Waals surface area (Å²) in [6.45, 7) is 7.61. The molecule has 1 aromatic rings. The van der Waals surface area contributed by atoms with Crippen LogP contribution < -0.4 is 15.4 Å². The van der Waals surface area contributed by atoms with Gasteiger partial charge in [-0.25, -0.2) is 0 Å². The van der Waals surface area contributed by atoms with Crippen LogP contribution in [0.1, 0.15) is 19.4 Å². The van der Waals surface area contributed by atoms with Gasteiger partial charge in [-0.05, 0) is 19.9 Å². The minimum Gasteiger partial charge on any atom is -0.494 e. The van der Waals surface area contributed by atoms with Crippen molar-refractivity contribution >= 4 is 24.8 Å². The van der Waals surface area contributed by atoms with Gasteiger partial charge in [0.05, 0.1) is 12.7 Å². The van der Waals surface area contributed by atoms with Gasteiger partial charge in [0.2, 0.25) is 0 Å². The van der Waals surface area contributed by atoms with Crippen LogP contribution in [0.3, 0.4) is 0 Å². The summed E-state index contributed by atoms with van der Waals surface area (Å²) in [5, 5.41) is 15.6. The quantitative estimate of drug-likeness (QED) is 0.608. The average Bonchev–Trinajstić information content (AvgIpc) is 2.35. The van der Waals surface area contributed by atoms with Crippen LogP contribution in [-0.4, -0.2) is 37.5 Å². The van der Waals surface area contributed by atoms with Gasteiger partial charge in [-0.3, -0.25) is 0 Å². The maximum absolute atomic E-state index is 9.08. The monoisotopic (exact) mass is 324 g/mol. The first-order valence-electron chi connectivity index (χ1n) is 6.54. The van der Waals surface area contributed by atoms with Crippen LogP contribution in [0.5, 0.6) is 5.75 Å². The third-order valence-corrected chi connectivity index (χ3v) is 2.51. The van der Waals surface area contributed by atoms with Crippen LogP contribution in [0.2, 0.25) is 0 Å². The standard InChI is InChI=1S/C14H24N2O2.2ClH/c1-3-18-14-7-5-4-6-13(14)11-16-9-8-15-10-12(2)17;;/h4-7,12,15-17H,3,8-11H2,1-2H3;2*1H. The number of para-hydroxylation sites is 1. The Morgan fingerprint density at radius 3 is 2.45 bits per heavy atom. The molecule has 1 aromatic carbocycles. The molecule has 0 aliphatic carbocycles. The second-order valence-corrected chi connectivity index (χ2v) is 4.27. The van der Waals surface area contributed by atoms with E-state index in [4.69, 9.17) is 9.84 Å². The molecule has 1 rings (SSSR count). The highest BCUT2D eigenvalue weighted by Crippen LogP contribution is 2.17. The summed E-state index contributed by atoms with van der Waals surface area (Å²) in [6, 6.07) is 8.07.